The average molecular weight is 527 g/mol. The fourth-order valence-corrected chi connectivity index (χ4v) is 5.13. The third-order valence-electron chi connectivity index (χ3n) is 6.06. The number of aliphatic imine (C=N–C) groups is 1. The van der Waals surface area contributed by atoms with Gasteiger partial charge in [0, 0.05) is 12.1 Å². The van der Waals surface area contributed by atoms with Gasteiger partial charge in [-0.15, -0.1) is 0 Å². The summed E-state index contributed by atoms with van der Waals surface area (Å²) in [4.78, 5) is 31.1. The lowest BCUT2D eigenvalue weighted by atomic mass is 10.0. The summed E-state index contributed by atoms with van der Waals surface area (Å²) in [6, 6.07) is 24.0. The normalized spacial score (nSPS) is 15.5. The minimum absolute atomic E-state index is 0.165. The van der Waals surface area contributed by atoms with Gasteiger partial charge >= 0.3 is 5.97 Å². The molecule has 1 N–H and O–H groups in total. The molecule has 1 saturated heterocycles. The first kappa shape index (κ1) is 25.2. The van der Waals surface area contributed by atoms with E-state index in [0.29, 0.717) is 28.1 Å². The predicted octanol–water partition coefficient (Wildman–Crippen LogP) is 6.88. The van der Waals surface area contributed by atoms with E-state index in [1.165, 1.54) is 23.9 Å². The lowest BCUT2D eigenvalue weighted by Gasteiger charge is -2.13. The zero-order valence-electron chi connectivity index (χ0n) is 20.4. The molecule has 38 heavy (non-hydrogen) atoms. The summed E-state index contributed by atoms with van der Waals surface area (Å²) in [5.74, 6) is -0.901. The molecule has 0 saturated carbocycles. The van der Waals surface area contributed by atoms with E-state index in [9.17, 15) is 14.0 Å². The molecule has 1 aliphatic rings. The molecule has 190 valence electrons. The standard InChI is InChI=1S/C30H23FN2O4S/c1-2-33-28(34)27(38-30(33)32-23-14-12-22(31)13-15-23)17-25-24-6-4-3-5-20(24)11-16-26(25)37-18-19-7-9-21(10-8-19)29(35)36/h3-17H,2,18H2,1H3,(H,35,36)/b27-17+,32-30?. The quantitative estimate of drug-likeness (QED) is 0.266. The first-order valence-corrected chi connectivity index (χ1v) is 12.8. The minimum Gasteiger partial charge on any atom is -0.488 e. The van der Waals surface area contributed by atoms with Crippen molar-refractivity contribution < 1.29 is 23.8 Å². The Morgan fingerprint density at radius 3 is 2.47 bits per heavy atom. The maximum Gasteiger partial charge on any atom is 0.335 e. The highest BCUT2D eigenvalue weighted by Gasteiger charge is 2.32. The number of rotatable bonds is 7. The second-order valence-electron chi connectivity index (χ2n) is 8.52. The van der Waals surface area contributed by atoms with Crippen LogP contribution in [-0.4, -0.2) is 33.6 Å². The Kier molecular flexibility index (Phi) is 7.24. The lowest BCUT2D eigenvalue weighted by Crippen LogP contribution is -2.28. The Morgan fingerprint density at radius 1 is 1.03 bits per heavy atom. The third kappa shape index (κ3) is 5.31. The number of carboxylic acids is 1. The molecule has 1 heterocycles. The van der Waals surface area contributed by atoms with E-state index >= 15 is 0 Å². The van der Waals surface area contributed by atoms with Crippen molar-refractivity contribution in [2.75, 3.05) is 6.54 Å². The average Bonchev–Trinajstić information content (AvgIpc) is 3.22. The van der Waals surface area contributed by atoms with Crippen LogP contribution in [0.5, 0.6) is 5.75 Å². The molecule has 0 aliphatic carbocycles. The van der Waals surface area contributed by atoms with Gasteiger partial charge < -0.3 is 9.84 Å². The highest BCUT2D eigenvalue weighted by atomic mass is 32.2. The number of amidine groups is 1. The van der Waals surface area contributed by atoms with Gasteiger partial charge in [0.15, 0.2) is 5.17 Å². The van der Waals surface area contributed by atoms with Crippen molar-refractivity contribution in [3.05, 3.63) is 112 Å². The van der Waals surface area contributed by atoms with Crippen LogP contribution in [0.3, 0.4) is 0 Å². The molecule has 5 rings (SSSR count). The number of carboxylic acid groups (broad SMARTS) is 1. The van der Waals surface area contributed by atoms with Crippen molar-refractivity contribution in [2.24, 2.45) is 4.99 Å². The Balaban J connectivity index is 1.50. The van der Waals surface area contributed by atoms with Crippen LogP contribution in [0.1, 0.15) is 28.4 Å². The van der Waals surface area contributed by atoms with E-state index in [1.54, 1.807) is 41.3 Å². The molecule has 6 nitrogen and oxygen atoms in total. The monoisotopic (exact) mass is 526 g/mol. The molecule has 4 aromatic carbocycles. The van der Waals surface area contributed by atoms with Crippen molar-refractivity contribution in [2.45, 2.75) is 13.5 Å². The molecule has 0 bridgehead atoms. The zero-order chi connectivity index (χ0) is 26.6. The number of fused-ring (bicyclic) bond motifs is 1. The van der Waals surface area contributed by atoms with Gasteiger partial charge in [-0.25, -0.2) is 14.2 Å². The van der Waals surface area contributed by atoms with E-state index in [-0.39, 0.29) is 23.9 Å². The summed E-state index contributed by atoms with van der Waals surface area (Å²) in [7, 11) is 0. The van der Waals surface area contributed by atoms with Gasteiger partial charge in [-0.05, 0) is 83.6 Å². The van der Waals surface area contributed by atoms with Crippen LogP contribution in [0, 0.1) is 5.82 Å². The summed E-state index contributed by atoms with van der Waals surface area (Å²) in [6.45, 7) is 2.55. The van der Waals surface area contributed by atoms with E-state index in [1.807, 2.05) is 49.4 Å². The fourth-order valence-electron chi connectivity index (χ4n) is 4.08. The molecular weight excluding hydrogens is 503 g/mol. The van der Waals surface area contributed by atoms with Crippen molar-refractivity contribution in [1.29, 1.82) is 0 Å². The number of amides is 1. The Bertz CT molecular complexity index is 1580. The van der Waals surface area contributed by atoms with E-state index in [4.69, 9.17) is 9.84 Å². The van der Waals surface area contributed by atoms with Gasteiger partial charge in [-0.3, -0.25) is 9.69 Å². The van der Waals surface area contributed by atoms with Crippen LogP contribution >= 0.6 is 11.8 Å². The van der Waals surface area contributed by atoms with Crippen LogP contribution < -0.4 is 4.74 Å². The first-order valence-electron chi connectivity index (χ1n) is 12.0. The number of carbonyl (C=O) groups is 2. The number of nitrogens with zero attached hydrogens (tertiary/aromatic N) is 2. The van der Waals surface area contributed by atoms with E-state index < -0.39 is 5.97 Å². The van der Waals surface area contributed by atoms with Gasteiger partial charge in [0.05, 0.1) is 16.2 Å². The summed E-state index contributed by atoms with van der Waals surface area (Å²) >= 11 is 1.26. The number of thioether (sulfide) groups is 1. The van der Waals surface area contributed by atoms with Crippen LogP contribution in [-0.2, 0) is 11.4 Å². The van der Waals surface area contributed by atoms with Crippen molar-refractivity contribution in [1.82, 2.24) is 4.90 Å². The zero-order valence-corrected chi connectivity index (χ0v) is 21.2. The second kappa shape index (κ2) is 10.9. The molecule has 8 heteroatoms. The predicted molar refractivity (Wildman–Crippen MR) is 148 cm³/mol. The number of hydrogen-bond acceptors (Lipinski definition) is 5. The number of benzene rings is 4. The molecule has 1 fully saturated rings. The van der Waals surface area contributed by atoms with Crippen LogP contribution in [0.25, 0.3) is 16.8 Å². The van der Waals surface area contributed by atoms with Crippen molar-refractivity contribution >= 4 is 51.3 Å². The molecule has 0 unspecified atom stereocenters. The molecule has 0 radical (unpaired) electrons. The molecule has 4 aromatic rings. The van der Waals surface area contributed by atoms with Gasteiger partial charge in [0.2, 0.25) is 0 Å². The maximum atomic E-state index is 13.3. The van der Waals surface area contributed by atoms with Crippen molar-refractivity contribution in [3.63, 3.8) is 0 Å². The molecule has 0 aromatic heterocycles. The number of hydrogen-bond donors (Lipinski definition) is 1. The van der Waals surface area contributed by atoms with Crippen molar-refractivity contribution in [3.8, 4) is 5.75 Å². The minimum atomic E-state index is -0.983. The van der Waals surface area contributed by atoms with Gasteiger partial charge in [0.1, 0.15) is 18.2 Å². The Labute approximate surface area is 223 Å². The van der Waals surface area contributed by atoms with E-state index in [0.717, 1.165) is 21.9 Å². The molecule has 1 amide bonds. The highest BCUT2D eigenvalue weighted by Crippen LogP contribution is 2.38. The second-order valence-corrected chi connectivity index (χ2v) is 9.53. The Hall–Kier alpha value is -4.43. The topological polar surface area (TPSA) is 79.2 Å². The fraction of sp³-hybridized carbons (Fsp3) is 0.100. The summed E-state index contributed by atoms with van der Waals surface area (Å²) < 4.78 is 19.5. The molecule has 0 atom stereocenters. The highest BCUT2D eigenvalue weighted by molar-refractivity contribution is 8.18. The SMILES string of the molecule is CCN1C(=O)/C(=C\c2c(OCc3ccc(C(=O)O)cc3)ccc3ccccc23)SC1=Nc1ccc(F)cc1. The van der Waals surface area contributed by atoms with Gasteiger partial charge in [-0.1, -0.05) is 42.5 Å². The number of ether oxygens (including phenoxy) is 1. The van der Waals surface area contributed by atoms with Gasteiger partial charge in [0.25, 0.3) is 5.91 Å². The summed E-state index contributed by atoms with van der Waals surface area (Å²) in [5.41, 5.74) is 2.35. The van der Waals surface area contributed by atoms with Crippen LogP contribution in [0.2, 0.25) is 0 Å². The van der Waals surface area contributed by atoms with E-state index in [2.05, 4.69) is 4.99 Å². The lowest BCUT2D eigenvalue weighted by molar-refractivity contribution is -0.122. The largest absolute Gasteiger partial charge is 0.488 e. The first-order chi connectivity index (χ1) is 18.4. The summed E-state index contributed by atoms with van der Waals surface area (Å²) in [5, 5.41) is 11.6. The molecule has 1 aliphatic heterocycles. The summed E-state index contributed by atoms with van der Waals surface area (Å²) in [6.07, 6.45) is 1.83. The maximum absolute atomic E-state index is 13.3. The molecular formula is C30H23FN2O4S. The van der Waals surface area contributed by atoms with Crippen LogP contribution in [0.15, 0.2) is 94.8 Å². The number of aromatic carboxylic acids is 1. The molecule has 0 spiro atoms. The number of likely N-dealkylation sites (N-methyl/N-ethyl adjacent to an activating group) is 1. The third-order valence-corrected chi connectivity index (χ3v) is 7.06. The number of halogens is 1. The van der Waals surface area contributed by atoms with Crippen LogP contribution in [0.4, 0.5) is 10.1 Å². The Morgan fingerprint density at radius 2 is 1.76 bits per heavy atom. The van der Waals surface area contributed by atoms with Gasteiger partial charge in [-0.2, -0.15) is 0 Å². The number of carbonyl (C=O) groups excluding carboxylic acids is 1. The smallest absolute Gasteiger partial charge is 0.335 e.